The zero-order chi connectivity index (χ0) is 9.72. The van der Waals surface area contributed by atoms with Crippen LogP contribution in [0.4, 0.5) is 4.79 Å². The van der Waals surface area contributed by atoms with Gasteiger partial charge in [-0.15, -0.1) is 0 Å². The monoisotopic (exact) mass is 287 g/mol. The smallest absolute Gasteiger partial charge is 0.370 e. The van der Waals surface area contributed by atoms with E-state index in [0.717, 1.165) is 0 Å². The largest absolute Gasteiger partial charge is 0.424 e. The molecule has 0 fully saturated rings. The SMILES string of the molecule is CC(OC(=O)I)OC(=O)C(C)N. The summed E-state index contributed by atoms with van der Waals surface area (Å²) in [6, 6.07) is -0.708. The maximum Gasteiger partial charge on any atom is 0.370 e. The molecule has 0 amide bonds. The first-order valence-electron chi connectivity index (χ1n) is 3.25. The lowest BCUT2D eigenvalue weighted by atomic mass is 10.4. The summed E-state index contributed by atoms with van der Waals surface area (Å²) < 4.78 is 8.60. The minimum Gasteiger partial charge on any atom is -0.424 e. The Morgan fingerprint density at radius 2 is 1.83 bits per heavy atom. The number of rotatable bonds is 3. The summed E-state index contributed by atoms with van der Waals surface area (Å²) in [7, 11) is 0. The standard InChI is InChI=1S/C6H10INO4/c1-3(8)5(9)11-4(2)12-6(7)10/h3-4H,8H2,1-2H3. The minimum absolute atomic E-state index is 0.530. The van der Waals surface area contributed by atoms with E-state index in [0.29, 0.717) is 0 Å². The van der Waals surface area contributed by atoms with Gasteiger partial charge in [0.05, 0.1) is 22.6 Å². The summed E-state index contributed by atoms with van der Waals surface area (Å²) in [4.78, 5) is 21.1. The van der Waals surface area contributed by atoms with Gasteiger partial charge in [-0.3, -0.25) is 4.79 Å². The average molecular weight is 287 g/mol. The number of hydrogen-bond acceptors (Lipinski definition) is 5. The van der Waals surface area contributed by atoms with E-state index in [1.165, 1.54) is 36.4 Å². The average Bonchev–Trinajstić information content (AvgIpc) is 1.84. The highest BCUT2D eigenvalue weighted by Crippen LogP contribution is 2.01. The van der Waals surface area contributed by atoms with E-state index in [9.17, 15) is 9.59 Å². The van der Waals surface area contributed by atoms with E-state index in [4.69, 9.17) is 5.73 Å². The van der Waals surface area contributed by atoms with Crippen molar-refractivity contribution in [3.05, 3.63) is 0 Å². The van der Waals surface area contributed by atoms with Crippen LogP contribution in [-0.2, 0) is 14.3 Å². The van der Waals surface area contributed by atoms with Crippen molar-refractivity contribution in [1.82, 2.24) is 0 Å². The van der Waals surface area contributed by atoms with Crippen molar-refractivity contribution >= 4 is 32.5 Å². The van der Waals surface area contributed by atoms with Gasteiger partial charge < -0.3 is 15.2 Å². The van der Waals surface area contributed by atoms with Crippen molar-refractivity contribution in [3.63, 3.8) is 0 Å². The number of halogens is 1. The van der Waals surface area contributed by atoms with Gasteiger partial charge in [-0.25, -0.2) is 4.79 Å². The Hall–Kier alpha value is -0.370. The molecule has 0 heterocycles. The predicted octanol–water partition coefficient (Wildman–Crippen LogP) is 0.794. The number of carbonyl (C=O) groups excluding carboxylic acids is 2. The second kappa shape index (κ2) is 5.31. The van der Waals surface area contributed by atoms with Gasteiger partial charge >= 0.3 is 9.95 Å². The second-order valence-electron chi connectivity index (χ2n) is 2.15. The lowest BCUT2D eigenvalue weighted by Crippen LogP contribution is -2.32. The van der Waals surface area contributed by atoms with Crippen molar-refractivity contribution in [1.29, 1.82) is 0 Å². The Kier molecular flexibility index (Phi) is 5.14. The maximum atomic E-state index is 10.8. The van der Waals surface area contributed by atoms with Crippen LogP contribution in [0, 0.1) is 0 Å². The number of ether oxygens (including phenoxy) is 2. The Labute approximate surface area is 83.7 Å². The second-order valence-corrected chi connectivity index (χ2v) is 3.03. The van der Waals surface area contributed by atoms with Crippen molar-refractivity contribution < 1.29 is 19.1 Å². The van der Waals surface area contributed by atoms with Gasteiger partial charge in [0, 0.05) is 6.92 Å². The lowest BCUT2D eigenvalue weighted by Gasteiger charge is -2.13. The molecule has 0 aromatic rings. The van der Waals surface area contributed by atoms with Crippen LogP contribution in [0.25, 0.3) is 0 Å². The molecule has 0 aliphatic heterocycles. The molecule has 0 aliphatic rings. The molecular formula is C6H10INO4. The summed E-state index contributed by atoms with van der Waals surface area (Å²) in [5.74, 6) is -0.597. The molecule has 0 radical (unpaired) electrons. The fraction of sp³-hybridized carbons (Fsp3) is 0.667. The molecule has 6 heteroatoms. The molecule has 2 atom stereocenters. The number of esters is 1. The third-order valence-electron chi connectivity index (χ3n) is 0.913. The van der Waals surface area contributed by atoms with E-state index in [2.05, 4.69) is 9.47 Å². The molecule has 70 valence electrons. The summed E-state index contributed by atoms with van der Waals surface area (Å²) >= 11 is 1.44. The van der Waals surface area contributed by atoms with Crippen LogP contribution in [0.3, 0.4) is 0 Å². The highest BCUT2D eigenvalue weighted by atomic mass is 127. The van der Waals surface area contributed by atoms with E-state index >= 15 is 0 Å². The molecule has 0 rings (SSSR count). The van der Waals surface area contributed by atoms with Crippen molar-refractivity contribution in [3.8, 4) is 0 Å². The van der Waals surface area contributed by atoms with Crippen molar-refractivity contribution in [2.75, 3.05) is 0 Å². The molecule has 0 aliphatic carbocycles. The van der Waals surface area contributed by atoms with Crippen LogP contribution < -0.4 is 5.73 Å². The fourth-order valence-electron chi connectivity index (χ4n) is 0.425. The van der Waals surface area contributed by atoms with Gasteiger partial charge in [0.2, 0.25) is 6.29 Å². The topological polar surface area (TPSA) is 78.6 Å². The summed E-state index contributed by atoms with van der Waals surface area (Å²) in [5, 5.41) is 0. The first-order valence-corrected chi connectivity index (χ1v) is 4.33. The maximum absolute atomic E-state index is 10.8. The molecule has 5 nitrogen and oxygen atoms in total. The Bertz CT molecular complexity index is 182. The number of nitrogens with two attached hydrogens (primary N) is 1. The molecule has 0 saturated heterocycles. The van der Waals surface area contributed by atoms with E-state index < -0.39 is 22.3 Å². The van der Waals surface area contributed by atoms with Crippen LogP contribution in [0.5, 0.6) is 0 Å². The van der Waals surface area contributed by atoms with Crippen LogP contribution in [0.1, 0.15) is 13.8 Å². The van der Waals surface area contributed by atoms with Crippen LogP contribution in [-0.4, -0.2) is 22.3 Å². The van der Waals surface area contributed by atoms with Crippen molar-refractivity contribution in [2.45, 2.75) is 26.2 Å². The molecule has 0 bridgehead atoms. The lowest BCUT2D eigenvalue weighted by molar-refractivity contribution is -0.164. The first-order chi connectivity index (χ1) is 5.43. The van der Waals surface area contributed by atoms with Gasteiger partial charge in [-0.1, -0.05) is 0 Å². The first kappa shape index (κ1) is 11.6. The molecule has 2 N–H and O–H groups in total. The molecule has 0 aromatic heterocycles. The molecule has 2 unspecified atom stereocenters. The molecular weight excluding hydrogens is 277 g/mol. The van der Waals surface area contributed by atoms with Crippen molar-refractivity contribution in [2.24, 2.45) is 5.73 Å². The van der Waals surface area contributed by atoms with Gasteiger partial charge in [0.15, 0.2) is 0 Å². The van der Waals surface area contributed by atoms with Gasteiger partial charge in [0.25, 0.3) is 0 Å². The van der Waals surface area contributed by atoms with E-state index in [1.807, 2.05) is 0 Å². The molecule has 0 aromatic carbocycles. The van der Waals surface area contributed by atoms with Gasteiger partial charge in [0.1, 0.15) is 6.04 Å². The zero-order valence-corrected chi connectivity index (χ0v) is 8.90. The fourth-order valence-corrected chi connectivity index (χ4v) is 0.784. The molecule has 0 saturated carbocycles. The van der Waals surface area contributed by atoms with Crippen LogP contribution in [0.15, 0.2) is 0 Å². The number of carbonyl (C=O) groups is 2. The summed E-state index contributed by atoms with van der Waals surface area (Å²) in [6.45, 7) is 2.93. The third-order valence-corrected chi connectivity index (χ3v) is 1.17. The Balaban J connectivity index is 3.76. The van der Waals surface area contributed by atoms with Crippen LogP contribution >= 0.6 is 22.6 Å². The van der Waals surface area contributed by atoms with Gasteiger partial charge in [-0.2, -0.15) is 0 Å². The molecule has 12 heavy (non-hydrogen) atoms. The highest BCUT2D eigenvalue weighted by Gasteiger charge is 2.15. The normalized spacial score (nSPS) is 14.7. The summed E-state index contributed by atoms with van der Waals surface area (Å²) in [5.41, 5.74) is 5.20. The van der Waals surface area contributed by atoms with E-state index in [-0.39, 0.29) is 0 Å². The number of hydrogen-bond donors (Lipinski definition) is 1. The predicted molar refractivity (Wildman–Crippen MR) is 49.7 cm³/mol. The summed E-state index contributed by atoms with van der Waals surface area (Å²) in [6.07, 6.45) is -0.882. The zero-order valence-electron chi connectivity index (χ0n) is 6.74. The Morgan fingerprint density at radius 3 is 2.17 bits per heavy atom. The van der Waals surface area contributed by atoms with E-state index in [1.54, 1.807) is 0 Å². The third kappa shape index (κ3) is 5.30. The minimum atomic E-state index is -0.882. The quantitative estimate of drug-likeness (QED) is 0.359. The Morgan fingerprint density at radius 1 is 1.33 bits per heavy atom. The molecule has 0 spiro atoms. The highest BCUT2D eigenvalue weighted by molar-refractivity contribution is 14.1. The van der Waals surface area contributed by atoms with Crippen LogP contribution in [0.2, 0.25) is 0 Å². The van der Waals surface area contributed by atoms with Gasteiger partial charge in [-0.05, 0) is 6.92 Å².